The maximum absolute atomic E-state index is 13.0. The first-order chi connectivity index (χ1) is 12.4. The highest BCUT2D eigenvalue weighted by Gasteiger charge is 2.23. The Morgan fingerprint density at radius 3 is 2.26 bits per heavy atom. The van der Waals surface area contributed by atoms with Crippen LogP contribution in [0.2, 0.25) is 0 Å². The minimum Gasteiger partial charge on any atom is -0.496 e. The van der Waals surface area contributed by atoms with Crippen LogP contribution in [0.4, 0.5) is 5.69 Å². The second-order valence-electron chi connectivity index (χ2n) is 7.44. The number of rotatable bonds is 5. The summed E-state index contributed by atoms with van der Waals surface area (Å²) in [6.07, 6.45) is 0. The van der Waals surface area contributed by atoms with Crippen LogP contribution in [0.5, 0.6) is 5.75 Å². The van der Waals surface area contributed by atoms with E-state index in [1.807, 2.05) is 20.8 Å². The molecule has 0 unspecified atom stereocenters. The molecule has 0 atom stereocenters. The zero-order valence-corrected chi connectivity index (χ0v) is 17.3. The van der Waals surface area contributed by atoms with Crippen molar-refractivity contribution in [2.45, 2.75) is 45.1 Å². The van der Waals surface area contributed by atoms with Crippen molar-refractivity contribution in [2.24, 2.45) is 0 Å². The van der Waals surface area contributed by atoms with Crippen LogP contribution < -0.4 is 14.8 Å². The third kappa shape index (κ3) is 5.01. The van der Waals surface area contributed by atoms with Gasteiger partial charge in [0.15, 0.2) is 0 Å². The number of carbonyl (C=O) groups is 1. The number of sulfonamides is 1. The van der Waals surface area contributed by atoms with Crippen molar-refractivity contribution in [3.05, 3.63) is 53.1 Å². The molecule has 0 radical (unpaired) electrons. The highest BCUT2D eigenvalue weighted by molar-refractivity contribution is 7.92. The lowest BCUT2D eigenvalue weighted by Gasteiger charge is -2.22. The van der Waals surface area contributed by atoms with Crippen molar-refractivity contribution >= 4 is 21.6 Å². The maximum Gasteiger partial charge on any atom is 0.262 e. The van der Waals surface area contributed by atoms with E-state index in [0.717, 1.165) is 0 Å². The molecular formula is C20H26N2O4S. The topological polar surface area (TPSA) is 84.5 Å². The van der Waals surface area contributed by atoms with Crippen LogP contribution in [0.1, 0.15) is 42.3 Å². The molecule has 0 aliphatic carbocycles. The Hall–Kier alpha value is -2.54. The Kier molecular flexibility index (Phi) is 5.85. The first kappa shape index (κ1) is 20.8. The van der Waals surface area contributed by atoms with Gasteiger partial charge >= 0.3 is 0 Å². The lowest BCUT2D eigenvalue weighted by molar-refractivity contribution is 0.0920. The summed E-state index contributed by atoms with van der Waals surface area (Å²) >= 11 is 0. The molecule has 0 aliphatic rings. The summed E-state index contributed by atoms with van der Waals surface area (Å²) in [5, 5.41) is 2.85. The molecule has 0 fully saturated rings. The Bertz CT molecular complexity index is 960. The molecule has 7 heteroatoms. The van der Waals surface area contributed by atoms with E-state index in [0.29, 0.717) is 16.9 Å². The van der Waals surface area contributed by atoms with Crippen LogP contribution in [0.3, 0.4) is 0 Å². The number of hydrogen-bond acceptors (Lipinski definition) is 4. The summed E-state index contributed by atoms with van der Waals surface area (Å²) in [5.41, 5.74) is 1.32. The molecule has 27 heavy (non-hydrogen) atoms. The van der Waals surface area contributed by atoms with E-state index in [-0.39, 0.29) is 22.1 Å². The summed E-state index contributed by atoms with van der Waals surface area (Å²) < 4.78 is 33.7. The Morgan fingerprint density at radius 1 is 1.04 bits per heavy atom. The van der Waals surface area contributed by atoms with Gasteiger partial charge in [0.1, 0.15) is 5.75 Å². The lowest BCUT2D eigenvalue weighted by Crippen LogP contribution is -2.40. The highest BCUT2D eigenvalue weighted by atomic mass is 32.2. The van der Waals surface area contributed by atoms with Crippen LogP contribution in [-0.4, -0.2) is 27.0 Å². The van der Waals surface area contributed by atoms with Gasteiger partial charge in [-0.2, -0.15) is 0 Å². The van der Waals surface area contributed by atoms with Gasteiger partial charge in [-0.25, -0.2) is 8.42 Å². The molecule has 146 valence electrons. The van der Waals surface area contributed by atoms with Crippen molar-refractivity contribution in [3.8, 4) is 5.75 Å². The number of aryl methyl sites for hydroxylation is 2. The summed E-state index contributed by atoms with van der Waals surface area (Å²) in [4.78, 5) is 12.7. The zero-order valence-electron chi connectivity index (χ0n) is 16.5. The minimum absolute atomic E-state index is 0.145. The second-order valence-corrected chi connectivity index (χ2v) is 9.09. The van der Waals surface area contributed by atoms with Gasteiger partial charge in [0.2, 0.25) is 0 Å². The van der Waals surface area contributed by atoms with Crippen molar-refractivity contribution in [1.29, 1.82) is 0 Å². The lowest BCUT2D eigenvalue weighted by atomic mass is 10.1. The van der Waals surface area contributed by atoms with E-state index < -0.39 is 15.6 Å². The second kappa shape index (κ2) is 7.60. The Balaban J connectivity index is 2.43. The van der Waals surface area contributed by atoms with Crippen LogP contribution in [-0.2, 0) is 10.0 Å². The van der Waals surface area contributed by atoms with Crippen molar-refractivity contribution < 1.29 is 17.9 Å². The molecule has 2 aromatic carbocycles. The SMILES string of the molecule is COc1cc(C)c(S(=O)(=O)Nc2ccccc2C(=O)NC(C)(C)C)cc1C. The number of benzene rings is 2. The van der Waals surface area contributed by atoms with Crippen LogP contribution in [0.25, 0.3) is 0 Å². The molecule has 2 rings (SSSR count). The number of nitrogens with one attached hydrogen (secondary N) is 2. The minimum atomic E-state index is -3.88. The quantitative estimate of drug-likeness (QED) is 0.816. The molecule has 0 aliphatic heterocycles. The molecule has 0 heterocycles. The van der Waals surface area contributed by atoms with E-state index >= 15 is 0 Å². The molecule has 1 amide bonds. The molecule has 0 saturated carbocycles. The standard InChI is InChI=1S/C20H26N2O4S/c1-13-12-18(14(2)11-17(13)26-6)27(24,25)22-16-10-8-7-9-15(16)19(23)21-20(3,4)5/h7-12,22H,1-6H3,(H,21,23). The van der Waals surface area contributed by atoms with Gasteiger partial charge < -0.3 is 10.1 Å². The molecule has 2 N–H and O–H groups in total. The first-order valence-electron chi connectivity index (χ1n) is 8.54. The van der Waals surface area contributed by atoms with E-state index in [2.05, 4.69) is 10.0 Å². The van der Waals surface area contributed by atoms with E-state index in [4.69, 9.17) is 4.74 Å². The fourth-order valence-corrected chi connectivity index (χ4v) is 4.04. The number of amides is 1. The molecule has 0 bridgehead atoms. The van der Waals surface area contributed by atoms with Gasteiger partial charge in [0.05, 0.1) is 23.3 Å². The van der Waals surface area contributed by atoms with Gasteiger partial charge in [0.25, 0.3) is 15.9 Å². The van der Waals surface area contributed by atoms with Gasteiger partial charge in [-0.05, 0) is 70.0 Å². The van der Waals surface area contributed by atoms with Crippen LogP contribution in [0.15, 0.2) is 41.3 Å². The molecule has 0 saturated heterocycles. The third-order valence-corrected chi connectivity index (χ3v) is 5.39. The first-order valence-corrected chi connectivity index (χ1v) is 10.0. The molecule has 2 aromatic rings. The average Bonchev–Trinajstić information content (AvgIpc) is 2.55. The molecule has 0 spiro atoms. The monoisotopic (exact) mass is 390 g/mol. The molecule has 6 nitrogen and oxygen atoms in total. The van der Waals surface area contributed by atoms with Crippen molar-refractivity contribution in [3.63, 3.8) is 0 Å². The van der Waals surface area contributed by atoms with Crippen LogP contribution in [0, 0.1) is 13.8 Å². The maximum atomic E-state index is 13.0. The predicted molar refractivity (Wildman–Crippen MR) is 107 cm³/mol. The predicted octanol–water partition coefficient (Wildman–Crippen LogP) is 3.64. The number of carbonyl (C=O) groups excluding carboxylic acids is 1. The third-order valence-electron chi connectivity index (χ3n) is 3.89. The summed E-state index contributed by atoms with van der Waals surface area (Å²) in [5.74, 6) is 0.278. The Labute approximate surface area is 161 Å². The molecular weight excluding hydrogens is 364 g/mol. The number of anilines is 1. The Morgan fingerprint density at radius 2 is 1.67 bits per heavy atom. The van der Waals surface area contributed by atoms with Gasteiger partial charge in [-0.1, -0.05) is 12.1 Å². The fraction of sp³-hybridized carbons (Fsp3) is 0.350. The smallest absolute Gasteiger partial charge is 0.262 e. The van der Waals surface area contributed by atoms with Crippen LogP contribution >= 0.6 is 0 Å². The summed E-state index contributed by atoms with van der Waals surface area (Å²) in [6.45, 7) is 9.07. The fourth-order valence-electron chi connectivity index (χ4n) is 2.65. The van der Waals surface area contributed by atoms with Gasteiger partial charge in [-0.3, -0.25) is 9.52 Å². The van der Waals surface area contributed by atoms with Gasteiger partial charge in [0, 0.05) is 5.54 Å². The number of methoxy groups -OCH3 is 1. The van der Waals surface area contributed by atoms with E-state index in [9.17, 15) is 13.2 Å². The largest absolute Gasteiger partial charge is 0.496 e. The number of hydrogen-bond donors (Lipinski definition) is 2. The highest BCUT2D eigenvalue weighted by Crippen LogP contribution is 2.28. The number of ether oxygens (including phenoxy) is 1. The summed E-state index contributed by atoms with van der Waals surface area (Å²) in [6, 6.07) is 9.78. The zero-order chi connectivity index (χ0) is 20.4. The summed E-state index contributed by atoms with van der Waals surface area (Å²) in [7, 11) is -2.34. The van der Waals surface area contributed by atoms with Crippen molar-refractivity contribution in [2.75, 3.05) is 11.8 Å². The average molecular weight is 391 g/mol. The van der Waals surface area contributed by atoms with E-state index in [1.54, 1.807) is 50.2 Å². The van der Waals surface area contributed by atoms with E-state index in [1.165, 1.54) is 7.11 Å². The number of para-hydroxylation sites is 1. The van der Waals surface area contributed by atoms with Gasteiger partial charge in [-0.15, -0.1) is 0 Å². The van der Waals surface area contributed by atoms with Crippen molar-refractivity contribution in [1.82, 2.24) is 5.32 Å². The molecule has 0 aromatic heterocycles. The normalized spacial score (nSPS) is 11.8.